The summed E-state index contributed by atoms with van der Waals surface area (Å²) in [5.74, 6) is 0.679. The molecule has 23 heavy (non-hydrogen) atoms. The molecule has 112 valence electrons. The van der Waals surface area contributed by atoms with Crippen LogP contribution in [0.2, 0.25) is 0 Å². The Hall–Kier alpha value is -3.40. The molecule has 0 radical (unpaired) electrons. The fraction of sp³-hybridized carbons (Fsp3) is 0.125. The first-order chi connectivity index (χ1) is 11.3. The third-order valence-corrected chi connectivity index (χ3v) is 3.81. The van der Waals surface area contributed by atoms with Gasteiger partial charge in [0.25, 0.3) is 0 Å². The Morgan fingerprint density at radius 1 is 1.26 bits per heavy atom. The molecule has 1 N–H and O–H groups in total. The molecular weight excluding hydrogens is 290 g/mol. The average molecular weight is 303 g/mol. The first kappa shape index (κ1) is 13.3. The molecule has 1 aromatic carbocycles. The first-order valence-corrected chi connectivity index (χ1v) is 7.14. The quantitative estimate of drug-likeness (QED) is 0.626. The molecule has 4 aromatic rings. The SMILES string of the molecule is Cn1nccc1CNc1nc2cc(C#N)ccc2n2ccnc12. The Bertz CT molecular complexity index is 1050. The van der Waals surface area contributed by atoms with E-state index in [2.05, 4.69) is 26.5 Å². The molecule has 0 bridgehead atoms. The molecule has 0 aliphatic rings. The van der Waals surface area contributed by atoms with E-state index in [0.717, 1.165) is 22.4 Å². The van der Waals surface area contributed by atoms with E-state index in [4.69, 9.17) is 5.26 Å². The van der Waals surface area contributed by atoms with Crippen molar-refractivity contribution >= 4 is 22.5 Å². The molecular formula is C16H13N7. The van der Waals surface area contributed by atoms with Gasteiger partial charge in [0.05, 0.1) is 34.9 Å². The molecule has 0 aliphatic heterocycles. The molecule has 7 nitrogen and oxygen atoms in total. The van der Waals surface area contributed by atoms with Gasteiger partial charge in [0.1, 0.15) is 0 Å². The number of nitrogens with zero attached hydrogens (tertiary/aromatic N) is 6. The summed E-state index contributed by atoms with van der Waals surface area (Å²) in [6.45, 7) is 0.593. The second-order valence-electron chi connectivity index (χ2n) is 5.20. The maximum Gasteiger partial charge on any atom is 0.180 e. The summed E-state index contributed by atoms with van der Waals surface area (Å²) >= 11 is 0. The van der Waals surface area contributed by atoms with Crippen LogP contribution in [-0.4, -0.2) is 24.1 Å². The Balaban J connectivity index is 1.82. The number of benzene rings is 1. The van der Waals surface area contributed by atoms with Crippen LogP contribution in [0.4, 0.5) is 5.82 Å². The monoisotopic (exact) mass is 303 g/mol. The van der Waals surface area contributed by atoms with Gasteiger partial charge >= 0.3 is 0 Å². The van der Waals surface area contributed by atoms with E-state index in [0.29, 0.717) is 17.9 Å². The second kappa shape index (κ2) is 5.10. The van der Waals surface area contributed by atoms with E-state index in [1.807, 2.05) is 34.5 Å². The van der Waals surface area contributed by atoms with Gasteiger partial charge in [0, 0.05) is 25.6 Å². The minimum absolute atomic E-state index is 0.585. The summed E-state index contributed by atoms with van der Waals surface area (Å²) in [6.07, 6.45) is 5.39. The number of rotatable bonds is 3. The first-order valence-electron chi connectivity index (χ1n) is 7.14. The lowest BCUT2D eigenvalue weighted by Crippen LogP contribution is -2.08. The molecule has 3 heterocycles. The van der Waals surface area contributed by atoms with Crippen molar-refractivity contribution in [3.8, 4) is 6.07 Å². The van der Waals surface area contributed by atoms with Crippen molar-refractivity contribution in [2.75, 3.05) is 5.32 Å². The Morgan fingerprint density at radius 3 is 2.96 bits per heavy atom. The number of fused-ring (bicyclic) bond motifs is 3. The van der Waals surface area contributed by atoms with Crippen molar-refractivity contribution in [2.45, 2.75) is 6.54 Å². The summed E-state index contributed by atoms with van der Waals surface area (Å²) in [6, 6.07) is 9.55. The number of hydrogen-bond donors (Lipinski definition) is 1. The zero-order chi connectivity index (χ0) is 15.8. The summed E-state index contributed by atoms with van der Waals surface area (Å²) in [7, 11) is 1.90. The van der Waals surface area contributed by atoms with E-state index >= 15 is 0 Å². The van der Waals surface area contributed by atoms with Crippen LogP contribution in [0.1, 0.15) is 11.3 Å². The smallest absolute Gasteiger partial charge is 0.180 e. The number of anilines is 1. The van der Waals surface area contributed by atoms with Gasteiger partial charge in [-0.2, -0.15) is 10.4 Å². The van der Waals surface area contributed by atoms with Crippen LogP contribution in [0.3, 0.4) is 0 Å². The fourth-order valence-electron chi connectivity index (χ4n) is 2.60. The molecule has 0 saturated carbocycles. The number of aryl methyl sites for hydroxylation is 1. The molecule has 3 aromatic heterocycles. The van der Waals surface area contributed by atoms with Crippen molar-refractivity contribution < 1.29 is 0 Å². The zero-order valence-corrected chi connectivity index (χ0v) is 12.4. The minimum atomic E-state index is 0.585. The van der Waals surface area contributed by atoms with Crippen LogP contribution in [0, 0.1) is 11.3 Å². The van der Waals surface area contributed by atoms with Gasteiger partial charge in [0.15, 0.2) is 11.5 Å². The molecule has 0 aliphatic carbocycles. The van der Waals surface area contributed by atoms with Crippen molar-refractivity contribution in [1.82, 2.24) is 24.1 Å². The van der Waals surface area contributed by atoms with Gasteiger partial charge in [-0.25, -0.2) is 9.97 Å². The van der Waals surface area contributed by atoms with Gasteiger partial charge < -0.3 is 5.32 Å². The Kier molecular flexibility index (Phi) is 2.95. The van der Waals surface area contributed by atoms with Gasteiger partial charge in [-0.1, -0.05) is 0 Å². The van der Waals surface area contributed by atoms with Gasteiger partial charge in [-0.05, 0) is 24.3 Å². The molecule has 4 rings (SSSR count). The summed E-state index contributed by atoms with van der Waals surface area (Å²) < 4.78 is 3.78. The molecule has 7 heteroatoms. The summed E-state index contributed by atoms with van der Waals surface area (Å²) in [4.78, 5) is 9.02. The van der Waals surface area contributed by atoms with E-state index in [1.165, 1.54) is 0 Å². The van der Waals surface area contributed by atoms with Crippen molar-refractivity contribution in [3.63, 3.8) is 0 Å². The third-order valence-electron chi connectivity index (χ3n) is 3.81. The van der Waals surface area contributed by atoms with E-state index in [-0.39, 0.29) is 0 Å². The van der Waals surface area contributed by atoms with Gasteiger partial charge in [-0.3, -0.25) is 9.08 Å². The lowest BCUT2D eigenvalue weighted by molar-refractivity contribution is 0.720. The number of hydrogen-bond acceptors (Lipinski definition) is 5. The van der Waals surface area contributed by atoms with Gasteiger partial charge in [-0.15, -0.1) is 0 Å². The topological polar surface area (TPSA) is 83.8 Å². The molecule has 0 unspecified atom stereocenters. The number of nitrogens with one attached hydrogen (secondary N) is 1. The van der Waals surface area contributed by atoms with Crippen molar-refractivity contribution in [3.05, 3.63) is 54.1 Å². The molecule has 0 fully saturated rings. The van der Waals surface area contributed by atoms with Gasteiger partial charge in [0.2, 0.25) is 0 Å². The largest absolute Gasteiger partial charge is 0.361 e. The van der Waals surface area contributed by atoms with E-state index < -0.39 is 0 Å². The normalized spacial score (nSPS) is 11.0. The second-order valence-corrected chi connectivity index (χ2v) is 5.20. The van der Waals surface area contributed by atoms with Crippen LogP contribution >= 0.6 is 0 Å². The number of nitriles is 1. The summed E-state index contributed by atoms with van der Waals surface area (Å²) in [5, 5.41) is 16.5. The minimum Gasteiger partial charge on any atom is -0.361 e. The van der Waals surface area contributed by atoms with E-state index in [1.54, 1.807) is 24.5 Å². The van der Waals surface area contributed by atoms with Crippen LogP contribution < -0.4 is 5.32 Å². The predicted molar refractivity (Wildman–Crippen MR) is 85.7 cm³/mol. The number of aromatic nitrogens is 5. The van der Waals surface area contributed by atoms with Crippen LogP contribution in [0.25, 0.3) is 16.7 Å². The highest BCUT2D eigenvalue weighted by molar-refractivity contribution is 5.83. The van der Waals surface area contributed by atoms with E-state index in [9.17, 15) is 0 Å². The lowest BCUT2D eigenvalue weighted by atomic mass is 10.2. The maximum absolute atomic E-state index is 9.08. The number of imidazole rings is 1. The van der Waals surface area contributed by atoms with Crippen molar-refractivity contribution in [1.29, 1.82) is 5.26 Å². The Morgan fingerprint density at radius 2 is 2.17 bits per heavy atom. The average Bonchev–Trinajstić information content (AvgIpc) is 3.21. The highest BCUT2D eigenvalue weighted by Crippen LogP contribution is 2.22. The molecule has 0 amide bonds. The van der Waals surface area contributed by atoms with Crippen LogP contribution in [-0.2, 0) is 13.6 Å². The maximum atomic E-state index is 9.08. The Labute approximate surface area is 131 Å². The third kappa shape index (κ3) is 2.17. The summed E-state index contributed by atoms with van der Waals surface area (Å²) in [5.41, 5.74) is 4.05. The molecule has 0 spiro atoms. The predicted octanol–water partition coefficient (Wildman–Crippen LogP) is 2.10. The fourth-order valence-corrected chi connectivity index (χ4v) is 2.60. The molecule has 0 atom stereocenters. The lowest BCUT2D eigenvalue weighted by Gasteiger charge is -2.10. The van der Waals surface area contributed by atoms with Crippen LogP contribution in [0.5, 0.6) is 0 Å². The standard InChI is InChI=1S/C16H13N7/c1-22-12(4-5-20-22)10-19-15-16-18-6-7-23(16)14-3-2-11(9-17)8-13(14)21-15/h2-8H,10H2,1H3,(H,19,21). The van der Waals surface area contributed by atoms with Crippen molar-refractivity contribution in [2.24, 2.45) is 7.05 Å². The highest BCUT2D eigenvalue weighted by atomic mass is 15.3. The van der Waals surface area contributed by atoms with Crippen LogP contribution in [0.15, 0.2) is 42.9 Å². The highest BCUT2D eigenvalue weighted by Gasteiger charge is 2.10. The zero-order valence-electron chi connectivity index (χ0n) is 12.4. The molecule has 0 saturated heterocycles.